The average molecular weight is 1330 g/mol. The van der Waals surface area contributed by atoms with Crippen LogP contribution in [0.2, 0.25) is 0 Å². The van der Waals surface area contributed by atoms with Gasteiger partial charge in [0.15, 0.2) is 0 Å². The van der Waals surface area contributed by atoms with Crippen LogP contribution >= 0.6 is 70.6 Å². The number of unbranched alkanes of at least 4 members (excludes halogenated alkanes) is 27. The van der Waals surface area contributed by atoms with Crippen LogP contribution in [-0.2, 0) is 42.8 Å². The first-order chi connectivity index (χ1) is 41.5. The molecule has 17 heteroatoms. The molecule has 0 atom stereocenters. The SMILES string of the molecule is CCCCCCCCCCCCOCCSC(C)(C)SCCOC(=O)CCN(C)CCN(CCC(=O)OCCSC(C)(C)SCCOCCCCCCCCCCCC)CCC(=O)OCCSC(C)(C)SCCOCCCCCCCCCCCC. The van der Waals surface area contributed by atoms with Gasteiger partial charge in [-0.25, -0.2) is 0 Å². The number of rotatable bonds is 69. The normalized spacial score (nSPS) is 12.3. The fraction of sp³-hybridized carbons (Fsp3) is 0.957. The number of likely N-dealkylation sites (N-methyl/N-ethyl adjacent to an activating group) is 1. The Balaban J connectivity index is 4.73. The summed E-state index contributed by atoms with van der Waals surface area (Å²) >= 11 is 11.1. The van der Waals surface area contributed by atoms with Gasteiger partial charge in [0.05, 0.1) is 51.3 Å². The van der Waals surface area contributed by atoms with Crippen molar-refractivity contribution in [3.63, 3.8) is 0 Å². The van der Waals surface area contributed by atoms with E-state index in [0.717, 1.165) is 93.4 Å². The van der Waals surface area contributed by atoms with Gasteiger partial charge >= 0.3 is 17.9 Å². The Morgan fingerprint density at radius 3 is 0.791 bits per heavy atom. The van der Waals surface area contributed by atoms with Crippen molar-refractivity contribution >= 4 is 88.5 Å². The van der Waals surface area contributed by atoms with Crippen LogP contribution in [0.15, 0.2) is 0 Å². The van der Waals surface area contributed by atoms with Crippen molar-refractivity contribution in [1.29, 1.82) is 0 Å². The number of carbonyl (C=O) groups is 3. The van der Waals surface area contributed by atoms with Crippen LogP contribution in [0.3, 0.4) is 0 Å². The number of carbonyl (C=O) groups excluding carboxylic acids is 3. The lowest BCUT2D eigenvalue weighted by Gasteiger charge is -2.25. The summed E-state index contributed by atoms with van der Waals surface area (Å²) in [5.41, 5.74) is 0. The van der Waals surface area contributed by atoms with Crippen LogP contribution in [0, 0.1) is 0 Å². The zero-order chi connectivity index (χ0) is 63.3. The lowest BCUT2D eigenvalue weighted by atomic mass is 10.1. The highest BCUT2D eigenvalue weighted by atomic mass is 32.2. The maximum atomic E-state index is 13.1. The maximum Gasteiger partial charge on any atom is 0.307 e. The fourth-order valence-corrected chi connectivity index (χ4v) is 16.2. The van der Waals surface area contributed by atoms with Crippen LogP contribution in [0.5, 0.6) is 0 Å². The van der Waals surface area contributed by atoms with Gasteiger partial charge < -0.3 is 38.2 Å². The first kappa shape index (κ1) is 86.3. The Morgan fingerprint density at radius 1 is 0.291 bits per heavy atom. The summed E-state index contributed by atoms with van der Waals surface area (Å²) in [6.45, 7) is 28.9. The summed E-state index contributed by atoms with van der Waals surface area (Å²) in [6.07, 6.45) is 40.7. The molecule has 0 aromatic heterocycles. The van der Waals surface area contributed by atoms with Crippen LogP contribution in [-0.4, -0.2) is 174 Å². The Hall–Kier alpha value is 0.310. The van der Waals surface area contributed by atoms with Crippen molar-refractivity contribution in [2.45, 2.75) is 286 Å². The Bertz CT molecular complexity index is 1440. The number of thioether (sulfide) groups is 6. The number of hydrogen-bond acceptors (Lipinski definition) is 17. The maximum absolute atomic E-state index is 13.1. The quantitative estimate of drug-likeness (QED) is 0.0249. The molecule has 0 aliphatic carbocycles. The third-order valence-electron chi connectivity index (χ3n) is 15.1. The van der Waals surface area contributed by atoms with Crippen molar-refractivity contribution in [2.24, 2.45) is 0 Å². The highest BCUT2D eigenvalue weighted by molar-refractivity contribution is 8.19. The minimum Gasteiger partial charge on any atom is -0.465 e. The lowest BCUT2D eigenvalue weighted by molar-refractivity contribution is -0.144. The number of esters is 3. The summed E-state index contributed by atoms with van der Waals surface area (Å²) < 4.78 is 34.9. The molecule has 0 rings (SSSR count). The average Bonchev–Trinajstić information content (AvgIpc) is 3.51. The minimum absolute atomic E-state index is 0.00705. The van der Waals surface area contributed by atoms with Gasteiger partial charge in [-0.15, -0.1) is 70.6 Å². The van der Waals surface area contributed by atoms with Crippen molar-refractivity contribution in [3.8, 4) is 0 Å². The molecule has 0 aliphatic heterocycles. The van der Waals surface area contributed by atoms with Crippen LogP contribution in [0.4, 0.5) is 0 Å². The lowest BCUT2D eigenvalue weighted by Crippen LogP contribution is -2.37. The van der Waals surface area contributed by atoms with Gasteiger partial charge in [0.25, 0.3) is 0 Å². The Kier molecular flexibility index (Phi) is 63.0. The molecular weight excluding hydrogens is 1190 g/mol. The molecule has 0 aromatic carbocycles. The molecule has 0 amide bonds. The second-order valence-electron chi connectivity index (χ2n) is 24.7. The summed E-state index contributed by atoms with van der Waals surface area (Å²) in [5.74, 6) is 4.38. The topological polar surface area (TPSA) is 113 Å². The molecular formula is C69H136N2O9S6. The van der Waals surface area contributed by atoms with Gasteiger partial charge in [-0.1, -0.05) is 194 Å². The van der Waals surface area contributed by atoms with E-state index in [1.54, 1.807) is 0 Å². The number of hydrogen-bond donors (Lipinski definition) is 0. The molecule has 11 nitrogen and oxygen atoms in total. The second-order valence-corrected chi connectivity index (χ2v) is 35.8. The molecule has 0 saturated heterocycles. The van der Waals surface area contributed by atoms with Gasteiger partial charge in [0.2, 0.25) is 0 Å². The van der Waals surface area contributed by atoms with E-state index < -0.39 is 0 Å². The molecule has 0 N–H and O–H groups in total. The van der Waals surface area contributed by atoms with Crippen LogP contribution < -0.4 is 0 Å². The predicted molar refractivity (Wildman–Crippen MR) is 386 cm³/mol. The summed E-state index contributed by atoms with van der Waals surface area (Å²) in [4.78, 5) is 43.1. The highest BCUT2D eigenvalue weighted by Crippen LogP contribution is 2.38. The largest absolute Gasteiger partial charge is 0.465 e. The molecule has 0 aliphatic rings. The van der Waals surface area contributed by atoms with E-state index in [1.807, 2.05) is 77.6 Å². The summed E-state index contributed by atoms with van der Waals surface area (Å²) in [7, 11) is 2.00. The van der Waals surface area contributed by atoms with E-state index in [-0.39, 0.29) is 43.0 Å². The van der Waals surface area contributed by atoms with Crippen LogP contribution in [0.25, 0.3) is 0 Å². The fourth-order valence-electron chi connectivity index (χ4n) is 9.63. The van der Waals surface area contributed by atoms with Gasteiger partial charge in [-0.2, -0.15) is 0 Å². The Labute approximate surface area is 557 Å². The molecule has 0 aromatic rings. The third kappa shape index (κ3) is 64.4. The van der Waals surface area contributed by atoms with Crippen molar-refractivity contribution in [1.82, 2.24) is 9.80 Å². The zero-order valence-electron chi connectivity index (χ0n) is 57.5. The van der Waals surface area contributed by atoms with Crippen molar-refractivity contribution in [3.05, 3.63) is 0 Å². The molecule has 512 valence electrons. The number of ether oxygens (including phenoxy) is 6. The molecule has 0 radical (unpaired) electrons. The molecule has 0 heterocycles. The molecule has 86 heavy (non-hydrogen) atoms. The molecule has 0 saturated carbocycles. The van der Waals surface area contributed by atoms with Gasteiger partial charge in [-0.3, -0.25) is 14.4 Å². The van der Waals surface area contributed by atoms with Gasteiger partial charge in [0.1, 0.15) is 19.8 Å². The van der Waals surface area contributed by atoms with E-state index in [2.05, 4.69) is 72.1 Å². The standard InChI is InChI=1S/C69H136N2O9S6/c1-11-14-17-20-23-26-29-32-35-38-49-75-52-58-81-67(4,5)84-61-55-78-64(72)41-44-70(10)47-48-71(45-42-65(73)79-56-62-85-68(6,7)82-59-53-76-50-39-36-33-30-27-24-21-18-15-12-2)46-43-66(74)80-57-63-86-69(8,9)83-60-54-77-51-40-37-34-31-28-25-22-19-16-13-3/h11-63H2,1-10H3. The minimum atomic E-state index is -0.234. The summed E-state index contributed by atoms with van der Waals surface area (Å²) in [5, 5.41) is 0. The monoisotopic (exact) mass is 1330 g/mol. The van der Waals surface area contributed by atoms with Crippen molar-refractivity contribution < 1.29 is 42.8 Å². The molecule has 0 unspecified atom stereocenters. The first-order valence-corrected chi connectivity index (χ1v) is 40.9. The highest BCUT2D eigenvalue weighted by Gasteiger charge is 2.22. The predicted octanol–water partition coefficient (Wildman–Crippen LogP) is 19.4. The second kappa shape index (κ2) is 62.7. The zero-order valence-corrected chi connectivity index (χ0v) is 62.4. The van der Waals surface area contributed by atoms with Gasteiger partial charge in [-0.05, 0) is 67.9 Å². The molecule has 0 fully saturated rings. The van der Waals surface area contributed by atoms with E-state index in [4.69, 9.17) is 28.4 Å². The first-order valence-electron chi connectivity index (χ1n) is 35.0. The van der Waals surface area contributed by atoms with Crippen molar-refractivity contribution in [2.75, 3.05) is 134 Å². The van der Waals surface area contributed by atoms with E-state index in [9.17, 15) is 14.4 Å². The van der Waals surface area contributed by atoms with E-state index >= 15 is 0 Å². The van der Waals surface area contributed by atoms with E-state index in [0.29, 0.717) is 59.0 Å². The van der Waals surface area contributed by atoms with Crippen LogP contribution in [0.1, 0.15) is 274 Å². The number of nitrogens with zero attached hydrogens (tertiary/aromatic N) is 2. The van der Waals surface area contributed by atoms with E-state index in [1.165, 1.54) is 173 Å². The van der Waals surface area contributed by atoms with Gasteiger partial charge in [0, 0.05) is 87.1 Å². The third-order valence-corrected chi connectivity index (χ3v) is 23.6. The summed E-state index contributed by atoms with van der Waals surface area (Å²) in [6, 6.07) is 0. The smallest absolute Gasteiger partial charge is 0.307 e. The Morgan fingerprint density at radius 2 is 0.523 bits per heavy atom. The molecule has 0 spiro atoms. The molecule has 0 bridgehead atoms.